The number of aryl methyl sites for hydroxylation is 1. The Morgan fingerprint density at radius 3 is 2.57 bits per heavy atom. The third-order valence-electron chi connectivity index (χ3n) is 3.70. The second-order valence-corrected chi connectivity index (χ2v) is 5.32. The molecule has 2 aromatic rings. The lowest BCUT2D eigenvalue weighted by Gasteiger charge is -2.13. The van der Waals surface area contributed by atoms with E-state index in [4.69, 9.17) is 4.74 Å². The molecule has 1 atom stereocenters. The maximum absolute atomic E-state index is 12.5. The van der Waals surface area contributed by atoms with E-state index in [9.17, 15) is 9.59 Å². The van der Waals surface area contributed by atoms with Gasteiger partial charge in [-0.15, -0.1) is 0 Å². The van der Waals surface area contributed by atoms with Crippen molar-refractivity contribution in [3.63, 3.8) is 0 Å². The van der Waals surface area contributed by atoms with Crippen molar-refractivity contribution in [3.8, 4) is 0 Å². The van der Waals surface area contributed by atoms with Crippen LogP contribution >= 0.6 is 0 Å². The van der Waals surface area contributed by atoms with Crippen LogP contribution in [0.15, 0.2) is 24.5 Å². The van der Waals surface area contributed by atoms with Gasteiger partial charge in [-0.25, -0.2) is 4.79 Å². The third-order valence-corrected chi connectivity index (χ3v) is 3.70. The summed E-state index contributed by atoms with van der Waals surface area (Å²) in [6.07, 6.45) is 3.36. The quantitative estimate of drug-likeness (QED) is 0.831. The van der Waals surface area contributed by atoms with Gasteiger partial charge in [0, 0.05) is 18.1 Å². The summed E-state index contributed by atoms with van der Waals surface area (Å²) in [7, 11) is 0. The molecule has 0 aliphatic carbocycles. The molecule has 0 aliphatic rings. The maximum Gasteiger partial charge on any atom is 0.340 e. The van der Waals surface area contributed by atoms with Crippen molar-refractivity contribution in [1.29, 1.82) is 0 Å². The number of H-pyrrole nitrogens is 1. The Morgan fingerprint density at radius 2 is 1.96 bits per heavy atom. The Morgan fingerprint density at radius 1 is 1.30 bits per heavy atom. The van der Waals surface area contributed by atoms with Gasteiger partial charge in [-0.2, -0.15) is 0 Å². The second kappa shape index (κ2) is 7.09. The Balaban J connectivity index is 2.20. The van der Waals surface area contributed by atoms with Gasteiger partial charge in [0.05, 0.1) is 18.2 Å². The minimum Gasteiger partial charge on any atom is -0.462 e. The standard InChI is InChI=1S/C17H21N3O3/c1-5-23-17(22)14-10(2)15(19-12(14)4)16(21)20-11(3)13-6-8-18-9-7-13/h6-9,11,19H,5H2,1-4H3,(H,20,21). The number of aromatic nitrogens is 2. The van der Waals surface area contributed by atoms with E-state index in [0.717, 1.165) is 5.56 Å². The molecule has 0 saturated carbocycles. The third kappa shape index (κ3) is 3.59. The molecular formula is C17H21N3O3. The summed E-state index contributed by atoms with van der Waals surface area (Å²) in [5.41, 5.74) is 2.99. The highest BCUT2D eigenvalue weighted by Gasteiger charge is 2.23. The van der Waals surface area contributed by atoms with Crippen molar-refractivity contribution in [2.45, 2.75) is 33.7 Å². The molecule has 0 bridgehead atoms. The van der Waals surface area contributed by atoms with Crippen LogP contribution in [0.4, 0.5) is 0 Å². The molecule has 0 fully saturated rings. The zero-order valence-corrected chi connectivity index (χ0v) is 13.8. The summed E-state index contributed by atoms with van der Waals surface area (Å²) in [6.45, 7) is 7.43. The van der Waals surface area contributed by atoms with Gasteiger partial charge in [0.2, 0.25) is 0 Å². The molecule has 6 nitrogen and oxygen atoms in total. The Hall–Kier alpha value is -2.63. The molecule has 1 unspecified atom stereocenters. The zero-order valence-electron chi connectivity index (χ0n) is 13.8. The molecule has 122 valence electrons. The molecule has 2 N–H and O–H groups in total. The zero-order chi connectivity index (χ0) is 17.0. The molecular weight excluding hydrogens is 294 g/mol. The number of nitrogens with zero attached hydrogens (tertiary/aromatic N) is 1. The first kappa shape index (κ1) is 16.7. The molecule has 2 aromatic heterocycles. The average Bonchev–Trinajstić information content (AvgIpc) is 2.83. The number of nitrogens with one attached hydrogen (secondary N) is 2. The van der Waals surface area contributed by atoms with Gasteiger partial charge in [0.15, 0.2) is 0 Å². The van der Waals surface area contributed by atoms with Crippen LogP contribution < -0.4 is 5.32 Å². The molecule has 0 saturated heterocycles. The fraction of sp³-hybridized carbons (Fsp3) is 0.353. The molecule has 0 aromatic carbocycles. The highest BCUT2D eigenvalue weighted by molar-refractivity contribution is 6.00. The predicted molar refractivity (Wildman–Crippen MR) is 86.3 cm³/mol. The molecule has 6 heteroatoms. The fourth-order valence-corrected chi connectivity index (χ4v) is 2.49. The van der Waals surface area contributed by atoms with E-state index in [-0.39, 0.29) is 11.9 Å². The second-order valence-electron chi connectivity index (χ2n) is 5.32. The van der Waals surface area contributed by atoms with Crippen molar-refractivity contribution >= 4 is 11.9 Å². The van der Waals surface area contributed by atoms with Crippen LogP contribution in [0.25, 0.3) is 0 Å². The van der Waals surface area contributed by atoms with Crippen LogP contribution in [0.5, 0.6) is 0 Å². The lowest BCUT2D eigenvalue weighted by molar-refractivity contribution is 0.0525. The number of rotatable bonds is 5. The molecule has 0 spiro atoms. The van der Waals surface area contributed by atoms with Crippen LogP contribution in [0.2, 0.25) is 0 Å². The number of pyridine rings is 1. The first-order valence-corrected chi connectivity index (χ1v) is 7.52. The molecule has 23 heavy (non-hydrogen) atoms. The minimum absolute atomic E-state index is 0.167. The van der Waals surface area contributed by atoms with Crippen LogP contribution in [0, 0.1) is 13.8 Å². The van der Waals surface area contributed by atoms with Crippen molar-refractivity contribution in [1.82, 2.24) is 15.3 Å². The monoisotopic (exact) mass is 315 g/mol. The SMILES string of the molecule is CCOC(=O)c1c(C)[nH]c(C(=O)NC(C)c2ccncc2)c1C. The summed E-state index contributed by atoms with van der Waals surface area (Å²) < 4.78 is 5.04. The lowest BCUT2D eigenvalue weighted by atomic mass is 10.1. The smallest absolute Gasteiger partial charge is 0.340 e. The van der Waals surface area contributed by atoms with Gasteiger partial charge in [0.1, 0.15) is 5.69 Å². The van der Waals surface area contributed by atoms with Gasteiger partial charge in [0.25, 0.3) is 5.91 Å². The van der Waals surface area contributed by atoms with Gasteiger partial charge in [-0.1, -0.05) is 0 Å². The molecule has 0 aliphatic heterocycles. The molecule has 2 heterocycles. The molecule has 0 radical (unpaired) electrons. The summed E-state index contributed by atoms with van der Waals surface area (Å²) in [5, 5.41) is 2.91. The van der Waals surface area contributed by atoms with E-state index in [2.05, 4.69) is 15.3 Å². The van der Waals surface area contributed by atoms with Crippen molar-refractivity contribution in [2.24, 2.45) is 0 Å². The predicted octanol–water partition coefficient (Wildman–Crippen LogP) is 2.69. The summed E-state index contributed by atoms with van der Waals surface area (Å²) >= 11 is 0. The van der Waals surface area contributed by atoms with Crippen molar-refractivity contribution in [2.75, 3.05) is 6.61 Å². The maximum atomic E-state index is 12.5. The fourth-order valence-electron chi connectivity index (χ4n) is 2.49. The van der Waals surface area contributed by atoms with Crippen LogP contribution in [0.1, 0.15) is 57.6 Å². The summed E-state index contributed by atoms with van der Waals surface area (Å²) in [5.74, 6) is -0.676. The first-order chi connectivity index (χ1) is 11.0. The number of amides is 1. The Labute approximate surface area is 135 Å². The van der Waals surface area contributed by atoms with E-state index < -0.39 is 5.97 Å². The number of aromatic amines is 1. The largest absolute Gasteiger partial charge is 0.462 e. The number of hydrogen-bond acceptors (Lipinski definition) is 4. The highest BCUT2D eigenvalue weighted by Crippen LogP contribution is 2.20. The number of hydrogen-bond donors (Lipinski definition) is 2. The van der Waals surface area contributed by atoms with Gasteiger partial charge in [-0.3, -0.25) is 9.78 Å². The highest BCUT2D eigenvalue weighted by atomic mass is 16.5. The van der Waals surface area contributed by atoms with Gasteiger partial charge < -0.3 is 15.0 Å². The van der Waals surface area contributed by atoms with E-state index in [0.29, 0.717) is 29.1 Å². The number of carbonyl (C=O) groups is 2. The van der Waals surface area contributed by atoms with E-state index in [1.165, 1.54) is 0 Å². The Kier molecular flexibility index (Phi) is 5.16. The minimum atomic E-state index is -0.417. The van der Waals surface area contributed by atoms with Gasteiger partial charge in [-0.05, 0) is 51.0 Å². The first-order valence-electron chi connectivity index (χ1n) is 7.52. The Bertz CT molecular complexity index is 707. The van der Waals surface area contributed by atoms with Crippen LogP contribution in [-0.2, 0) is 4.74 Å². The van der Waals surface area contributed by atoms with E-state index in [1.54, 1.807) is 33.2 Å². The molecule has 2 rings (SSSR count). The average molecular weight is 315 g/mol. The van der Waals surface area contributed by atoms with E-state index in [1.807, 2.05) is 19.1 Å². The number of ether oxygens (including phenoxy) is 1. The summed E-state index contributed by atoms with van der Waals surface area (Å²) in [4.78, 5) is 31.4. The summed E-state index contributed by atoms with van der Waals surface area (Å²) in [6, 6.07) is 3.53. The number of carbonyl (C=O) groups excluding carboxylic acids is 2. The number of esters is 1. The topological polar surface area (TPSA) is 84.1 Å². The van der Waals surface area contributed by atoms with Crippen LogP contribution in [0.3, 0.4) is 0 Å². The van der Waals surface area contributed by atoms with Crippen LogP contribution in [-0.4, -0.2) is 28.5 Å². The van der Waals surface area contributed by atoms with Gasteiger partial charge >= 0.3 is 5.97 Å². The van der Waals surface area contributed by atoms with Crippen molar-refractivity contribution in [3.05, 3.63) is 52.6 Å². The normalized spacial score (nSPS) is 11.8. The molecule has 1 amide bonds. The van der Waals surface area contributed by atoms with E-state index >= 15 is 0 Å². The van der Waals surface area contributed by atoms with Crippen molar-refractivity contribution < 1.29 is 14.3 Å². The lowest BCUT2D eigenvalue weighted by Crippen LogP contribution is -2.27.